The number of rotatable bonds is 14. The number of hydrogen-bond donors (Lipinski definition) is 2. The van der Waals surface area contributed by atoms with E-state index in [4.69, 9.17) is 18.9 Å². The van der Waals surface area contributed by atoms with Crippen molar-refractivity contribution in [2.45, 2.75) is 124 Å². The van der Waals surface area contributed by atoms with Gasteiger partial charge in [0.1, 0.15) is 5.60 Å². The summed E-state index contributed by atoms with van der Waals surface area (Å²) in [5.41, 5.74) is -2.12. The molecule has 0 aromatic heterocycles. The molecule has 8 unspecified atom stereocenters. The van der Waals surface area contributed by atoms with Crippen molar-refractivity contribution in [1.29, 1.82) is 0 Å². The molecule has 0 aromatic rings. The minimum atomic E-state index is -1.22. The Hall–Kier alpha value is -2.20. The summed E-state index contributed by atoms with van der Waals surface area (Å²) in [4.78, 5) is 51.6. The lowest BCUT2D eigenvalue weighted by molar-refractivity contribution is -0.193. The molecular weight excluding hydrogens is 532 g/mol. The highest BCUT2D eigenvalue weighted by Gasteiger charge is 2.43. The maximum atomic E-state index is 13.3. The number of esters is 3. The lowest BCUT2D eigenvalue weighted by Crippen LogP contribution is -2.46. The van der Waals surface area contributed by atoms with Crippen molar-refractivity contribution in [2.24, 2.45) is 35.0 Å². The van der Waals surface area contributed by atoms with Gasteiger partial charge in [-0.3, -0.25) is 19.2 Å². The van der Waals surface area contributed by atoms with Crippen LogP contribution in [0.25, 0.3) is 0 Å². The van der Waals surface area contributed by atoms with Gasteiger partial charge in [-0.15, -0.1) is 0 Å². The molecule has 0 spiro atoms. The molecule has 2 rings (SSSR count). The number of hydrogen-bond acceptors (Lipinski definition) is 9. The average molecular weight is 585 g/mol. The van der Waals surface area contributed by atoms with Gasteiger partial charge < -0.3 is 29.2 Å². The van der Waals surface area contributed by atoms with Gasteiger partial charge in [0.05, 0.1) is 43.0 Å². The van der Waals surface area contributed by atoms with Crippen LogP contribution in [0.4, 0.5) is 0 Å². The second-order valence-electron chi connectivity index (χ2n) is 13.1. The van der Waals surface area contributed by atoms with Crippen LogP contribution >= 0.6 is 0 Å². The summed E-state index contributed by atoms with van der Waals surface area (Å²) in [5.74, 6) is -5.06. The van der Waals surface area contributed by atoms with Crippen LogP contribution in [-0.2, 0) is 38.1 Å². The number of carboxylic acids is 1. The standard InChI is InChI=1S/C31H52O10/c1-8-31(6,29(36)37)18-22(28(35)40-25-11-9-10-14-39-25)17-21(27(34)38-7)16-20(3)26(33)41-30(4,5)23-13-12-19(2)15-24(23)32/h19-25,32H,8-18H2,1-7H3,(H,36,37). The molecule has 1 saturated heterocycles. The topological polar surface area (TPSA) is 146 Å². The molecule has 236 valence electrons. The largest absolute Gasteiger partial charge is 0.481 e. The Morgan fingerprint density at radius 2 is 1.66 bits per heavy atom. The lowest BCUT2D eigenvalue weighted by atomic mass is 9.73. The first-order valence-corrected chi connectivity index (χ1v) is 15.2. The van der Waals surface area contributed by atoms with Crippen LogP contribution < -0.4 is 0 Å². The molecule has 0 radical (unpaired) electrons. The first kappa shape index (κ1) is 35.0. The van der Waals surface area contributed by atoms with E-state index in [0.717, 1.165) is 25.7 Å². The molecule has 1 heterocycles. The highest BCUT2D eigenvalue weighted by atomic mass is 16.7. The average Bonchev–Trinajstić information content (AvgIpc) is 2.91. The summed E-state index contributed by atoms with van der Waals surface area (Å²) in [6.07, 6.45) is 3.59. The smallest absolute Gasteiger partial charge is 0.311 e. The first-order chi connectivity index (χ1) is 19.1. The first-order valence-electron chi connectivity index (χ1n) is 15.2. The SMILES string of the molecule is CCC(C)(CC(CC(CC(C)C(=O)OC(C)(C)C1CCC(C)CC1O)C(=O)OC)C(=O)OC1CCCCO1)C(=O)O. The van der Waals surface area contributed by atoms with Crippen LogP contribution in [0, 0.1) is 35.0 Å². The van der Waals surface area contributed by atoms with Crippen LogP contribution in [0.15, 0.2) is 0 Å². The fraction of sp³-hybridized carbons (Fsp3) is 0.871. The Balaban J connectivity index is 2.19. The Morgan fingerprint density at radius 3 is 2.20 bits per heavy atom. The van der Waals surface area contributed by atoms with Crippen LogP contribution in [0.3, 0.4) is 0 Å². The van der Waals surface area contributed by atoms with Crippen molar-refractivity contribution in [1.82, 2.24) is 0 Å². The molecular formula is C31H52O10. The molecule has 1 aliphatic heterocycles. The van der Waals surface area contributed by atoms with E-state index < -0.39 is 65.0 Å². The van der Waals surface area contributed by atoms with Crippen LogP contribution in [-0.4, -0.2) is 65.8 Å². The predicted molar refractivity (Wildman–Crippen MR) is 150 cm³/mol. The highest BCUT2D eigenvalue weighted by Crippen LogP contribution is 2.39. The van der Waals surface area contributed by atoms with E-state index in [9.17, 15) is 29.4 Å². The molecule has 1 saturated carbocycles. The summed E-state index contributed by atoms with van der Waals surface area (Å²) >= 11 is 0. The van der Waals surface area contributed by atoms with Crippen LogP contribution in [0.5, 0.6) is 0 Å². The van der Waals surface area contributed by atoms with Crippen LogP contribution in [0.2, 0.25) is 0 Å². The number of ether oxygens (including phenoxy) is 4. The van der Waals surface area contributed by atoms with E-state index in [1.165, 1.54) is 7.11 Å². The molecule has 2 aliphatic rings. The summed E-state index contributed by atoms with van der Waals surface area (Å²) in [5, 5.41) is 20.5. The molecule has 2 fully saturated rings. The monoisotopic (exact) mass is 584 g/mol. The fourth-order valence-corrected chi connectivity index (χ4v) is 6.14. The maximum Gasteiger partial charge on any atom is 0.311 e. The van der Waals surface area contributed by atoms with Gasteiger partial charge in [-0.05, 0) is 78.1 Å². The number of carbonyl (C=O) groups excluding carboxylic acids is 3. The van der Waals surface area contributed by atoms with E-state index in [1.54, 1.807) is 34.6 Å². The van der Waals surface area contributed by atoms with Gasteiger partial charge in [-0.25, -0.2) is 0 Å². The van der Waals surface area contributed by atoms with Crippen molar-refractivity contribution in [3.05, 3.63) is 0 Å². The number of aliphatic carboxylic acids is 1. The quantitative estimate of drug-likeness (QED) is 0.214. The molecule has 2 N–H and O–H groups in total. The minimum absolute atomic E-state index is 0.0399. The number of aliphatic hydroxyl groups excluding tert-OH is 1. The van der Waals surface area contributed by atoms with Crippen LogP contribution in [0.1, 0.15) is 106 Å². The third kappa shape index (κ3) is 9.94. The Morgan fingerprint density at radius 1 is 0.976 bits per heavy atom. The summed E-state index contributed by atoms with van der Waals surface area (Å²) in [7, 11) is 1.24. The van der Waals surface area contributed by atoms with Gasteiger partial charge in [0.15, 0.2) is 0 Å². The van der Waals surface area contributed by atoms with Gasteiger partial charge in [0.25, 0.3) is 0 Å². The molecule has 0 amide bonds. The van der Waals surface area contributed by atoms with Gasteiger partial charge in [0, 0.05) is 12.3 Å². The second-order valence-corrected chi connectivity index (χ2v) is 13.1. The Kier molecular flexibility index (Phi) is 13.1. The lowest BCUT2D eigenvalue weighted by Gasteiger charge is -2.41. The van der Waals surface area contributed by atoms with Gasteiger partial charge in [-0.1, -0.05) is 27.2 Å². The highest BCUT2D eigenvalue weighted by molar-refractivity contribution is 5.79. The normalized spacial score (nSPS) is 27.0. The molecule has 10 heteroatoms. The number of aliphatic hydroxyl groups is 1. The number of carbonyl (C=O) groups is 4. The molecule has 0 bridgehead atoms. The zero-order chi connectivity index (χ0) is 31.0. The van der Waals surface area contributed by atoms with Crippen molar-refractivity contribution >= 4 is 23.9 Å². The van der Waals surface area contributed by atoms with Crippen molar-refractivity contribution in [3.63, 3.8) is 0 Å². The van der Waals surface area contributed by atoms with E-state index in [-0.39, 0.29) is 31.6 Å². The Bertz CT molecular complexity index is 895. The van der Waals surface area contributed by atoms with Gasteiger partial charge >= 0.3 is 23.9 Å². The molecule has 41 heavy (non-hydrogen) atoms. The third-order valence-corrected chi connectivity index (χ3v) is 9.19. The second kappa shape index (κ2) is 15.3. The van der Waals surface area contributed by atoms with E-state index in [0.29, 0.717) is 25.4 Å². The van der Waals surface area contributed by atoms with E-state index >= 15 is 0 Å². The number of methoxy groups -OCH3 is 1. The maximum absolute atomic E-state index is 13.3. The zero-order valence-corrected chi connectivity index (χ0v) is 26.0. The van der Waals surface area contributed by atoms with Crippen molar-refractivity contribution in [2.75, 3.05) is 13.7 Å². The number of carboxylic acid groups (broad SMARTS) is 1. The fourth-order valence-electron chi connectivity index (χ4n) is 6.14. The van der Waals surface area contributed by atoms with E-state index in [1.807, 2.05) is 0 Å². The molecule has 1 aliphatic carbocycles. The van der Waals surface area contributed by atoms with Crippen molar-refractivity contribution < 1.29 is 48.3 Å². The van der Waals surface area contributed by atoms with Gasteiger partial charge in [-0.2, -0.15) is 0 Å². The zero-order valence-electron chi connectivity index (χ0n) is 26.0. The predicted octanol–water partition coefficient (Wildman–Crippen LogP) is 4.89. The molecule has 8 atom stereocenters. The van der Waals surface area contributed by atoms with E-state index in [2.05, 4.69) is 6.92 Å². The molecule has 10 nitrogen and oxygen atoms in total. The Labute approximate surface area is 244 Å². The molecule has 0 aromatic carbocycles. The van der Waals surface area contributed by atoms with Crippen molar-refractivity contribution in [3.8, 4) is 0 Å². The summed E-state index contributed by atoms with van der Waals surface area (Å²) in [6.45, 7) is 11.1. The van der Waals surface area contributed by atoms with Gasteiger partial charge in [0.2, 0.25) is 6.29 Å². The summed E-state index contributed by atoms with van der Waals surface area (Å²) in [6, 6.07) is 0. The summed E-state index contributed by atoms with van der Waals surface area (Å²) < 4.78 is 22.1. The minimum Gasteiger partial charge on any atom is -0.481 e. The third-order valence-electron chi connectivity index (χ3n) is 9.19.